The third-order valence-corrected chi connectivity index (χ3v) is 29.4. The second-order valence-electron chi connectivity index (χ2n) is 39.8. The molecule has 49 atom stereocenters. The molecule has 2 aromatic carbocycles. The summed E-state index contributed by atoms with van der Waals surface area (Å²) in [6, 6.07) is 6.81. The van der Waals surface area contributed by atoms with Crippen LogP contribution in [0.2, 0.25) is 0 Å². The van der Waals surface area contributed by atoms with Gasteiger partial charge >= 0.3 is 0 Å². The van der Waals surface area contributed by atoms with E-state index >= 15 is 0 Å². The van der Waals surface area contributed by atoms with Crippen LogP contribution in [0.4, 0.5) is 0 Å². The highest BCUT2D eigenvalue weighted by molar-refractivity contribution is 5.55. The summed E-state index contributed by atoms with van der Waals surface area (Å²) in [4.78, 5) is 0. The summed E-state index contributed by atoms with van der Waals surface area (Å²) in [7, 11) is 0. The summed E-state index contributed by atoms with van der Waals surface area (Å²) in [5, 5.41) is 335. The zero-order chi connectivity index (χ0) is 106. The molecule has 145 heavy (non-hydrogen) atoms. The van der Waals surface area contributed by atoms with Crippen LogP contribution in [0, 0.1) is 17.8 Å². The zero-order valence-corrected chi connectivity index (χ0v) is 81.5. The van der Waals surface area contributed by atoms with Gasteiger partial charge in [-0.25, -0.2) is 0 Å². The molecule has 3 aliphatic carbocycles. The Morgan fingerprint density at radius 3 is 0.800 bits per heavy atom. The Kier molecular flexibility index (Phi) is 43.4. The van der Waals surface area contributed by atoms with Crippen LogP contribution in [0.15, 0.2) is 71.9 Å². The van der Waals surface area contributed by atoms with E-state index in [-0.39, 0.29) is 46.8 Å². The number of unbranched alkanes of at least 4 members (excludes halogenated alkanes) is 4. The Hall–Kier alpha value is -5.16. The first-order valence-electron chi connectivity index (χ1n) is 49.6. The second-order valence-corrected chi connectivity index (χ2v) is 39.8. The van der Waals surface area contributed by atoms with Gasteiger partial charge in [-0.05, 0) is 133 Å². The molecule has 0 radical (unpaired) electrons. The van der Waals surface area contributed by atoms with Crippen molar-refractivity contribution in [1.82, 2.24) is 0 Å². The molecule has 8 heterocycles. The number of ether oxygens (including phenoxy) is 17. The number of benzene rings is 2. The highest BCUT2D eigenvalue weighted by atomic mass is 16.8. The van der Waals surface area contributed by atoms with Crippen molar-refractivity contribution in [3.63, 3.8) is 0 Å². The normalized spacial score (nSPS) is 43.7. The molecule has 0 spiro atoms. The standard InChI is InChI=1S/C51H80O27.C46H72O21/c1-5-6-7-8-21-12-24(69-49-41(66)44(34(59)28(16-54)73-49)76-47-39(64)37(62)32(57)26(14-52)71-47)31(23-11-20(4)9-10-22(23)19(2)3)25(13-21)70-50-42(67)45(35(60)29(17-55)74-50)78-51-43(68)46(36(61)30(18-56)75-51)77-48-40(65)38(63)33(58)27(15-53)72-48;1-5-6-7-8-21-12-25(62-44-39(58)38(57)34(53)28(16-48)64-44)31(24-11-20(4)9-10-23(24)19(2)3)26(13-21)63-45-41(60)43(36(55)30(18-50)65-45)67-46-40(59)42(35(54)29(17-49)66-46)61-27-14-22(15-47)32(51)37(56)33(27)52/h11-13,22-23,26-30,32-68H,2,5-10,14-18H2,1,3-4H3;11-13,22-24,27-30,32-60H,2,5-10,14-18H2,1,3-4H3/t22-,23+,26+,27-,28+,29-,30-,32+,33-,34+,35-,36-,37-,38+,39+,40-,41+,42-,43-,44-,45+,46+,47-,48+,49+,50-,51+;22-,23-,24+,27-,28+,29-,30-,32-,33+,34+,35-,36-,37+,38-,39+,40-,41-,42+,43+,44+,45-,46+/m00/s1. The zero-order valence-electron chi connectivity index (χ0n) is 81.5. The predicted molar refractivity (Wildman–Crippen MR) is 491 cm³/mol. The molecule has 48 nitrogen and oxygen atoms in total. The molecule has 11 aliphatic rings. The first-order valence-corrected chi connectivity index (χ1v) is 49.6. The topological polar surface area (TPSA) is 784 Å². The van der Waals surface area contributed by atoms with Crippen LogP contribution in [0.3, 0.4) is 0 Å². The Balaban J connectivity index is 0.000000261. The molecule has 13 rings (SSSR count). The van der Waals surface area contributed by atoms with Crippen LogP contribution in [0.1, 0.15) is 146 Å². The fourth-order valence-corrected chi connectivity index (χ4v) is 20.6. The molecular formula is C97H152O48. The number of hydrogen-bond donors (Lipinski definition) is 31. The minimum absolute atomic E-state index is 0.000602. The van der Waals surface area contributed by atoms with E-state index in [1.807, 2.05) is 53.7 Å². The summed E-state index contributed by atoms with van der Waals surface area (Å²) in [6.07, 6.45) is -65.5. The van der Waals surface area contributed by atoms with Crippen molar-refractivity contribution in [2.75, 3.05) is 59.5 Å². The van der Waals surface area contributed by atoms with Crippen LogP contribution >= 0.6 is 0 Å². The van der Waals surface area contributed by atoms with Crippen molar-refractivity contribution < 1.29 is 239 Å². The van der Waals surface area contributed by atoms with E-state index in [0.29, 0.717) is 55.2 Å². The molecule has 0 unspecified atom stereocenters. The summed E-state index contributed by atoms with van der Waals surface area (Å²) >= 11 is 0. The molecule has 9 fully saturated rings. The van der Waals surface area contributed by atoms with Gasteiger partial charge in [-0.15, -0.1) is 0 Å². The SMILES string of the molecule is C=C(C)[C@@H]1CCC(C)=C[C@H]1c1c(O[C@H]2O[C@@H](CO)[C@H](O)[C@@H](O[C@H]3O[C@@H](CO)[C@H](O)[C@@H](O[C@H]4C[C@@H](CO)[C@H](O)[C@@H](O)[C@@H]4O)[C@@H]3O)[C@@H]2O)cc(CCCCC)cc1O[C@@H]1O[C@H](CO)[C@@H](O)[C@H](O)[C@H]1O.C=C(C)[C@@H]1CCC(C)=C[C@H]1c1c(O[C@H]2O[C@@H](CO)[C@H](O)[C@@H](O[C@H]3O[C@@H](CO)[C@H](O)[C@@H](O[C@H]4O[C@@H](CO)[C@H](O)[C@@H](O)[C@@H]4O)[C@@H]3O)[C@@H]2O)cc(CCCCC)cc1O[C@@H]1O[C@H](CO)[C@@H](O)[C@H](O[C@@H]2O[C@H](CO)[C@@H](O)[C@H](O)[C@H]2O)[C@H]1O. The van der Waals surface area contributed by atoms with Crippen LogP contribution in [-0.4, -0.2) is 488 Å². The third-order valence-electron chi connectivity index (χ3n) is 29.4. The van der Waals surface area contributed by atoms with Gasteiger partial charge in [0.05, 0.1) is 65.1 Å². The van der Waals surface area contributed by atoms with E-state index in [0.717, 1.165) is 60.8 Å². The second kappa shape index (κ2) is 53.1. The van der Waals surface area contributed by atoms with Gasteiger partial charge in [-0.3, -0.25) is 0 Å². The van der Waals surface area contributed by atoms with Gasteiger partial charge in [0.2, 0.25) is 25.2 Å². The fourth-order valence-electron chi connectivity index (χ4n) is 20.6. The molecule has 0 bridgehead atoms. The Morgan fingerprint density at radius 1 is 0.290 bits per heavy atom. The minimum atomic E-state index is -2.10. The van der Waals surface area contributed by atoms with Crippen molar-refractivity contribution >= 4 is 0 Å². The minimum Gasteiger partial charge on any atom is -0.462 e. The molecule has 2 aromatic rings. The van der Waals surface area contributed by atoms with E-state index in [2.05, 4.69) is 13.2 Å². The lowest BCUT2D eigenvalue weighted by Crippen LogP contribution is -2.67. The number of allylic oxidation sites excluding steroid dienone is 6. The summed E-state index contributed by atoms with van der Waals surface area (Å²) in [6.45, 7) is 12.8. The van der Waals surface area contributed by atoms with Gasteiger partial charge in [0, 0.05) is 35.5 Å². The first-order chi connectivity index (χ1) is 69.0. The van der Waals surface area contributed by atoms with Gasteiger partial charge in [-0.2, -0.15) is 0 Å². The molecule has 1 saturated carbocycles. The highest BCUT2D eigenvalue weighted by Crippen LogP contribution is 2.53. The van der Waals surface area contributed by atoms with Crippen LogP contribution in [-0.2, 0) is 74.4 Å². The quantitative estimate of drug-likeness (QED) is 0.0218. The average molecular weight is 2090 g/mol. The molecule has 0 amide bonds. The average Bonchev–Trinajstić information content (AvgIpc) is 0.757. The lowest BCUT2D eigenvalue weighted by atomic mass is 9.73. The van der Waals surface area contributed by atoms with Gasteiger partial charge in [-0.1, -0.05) is 87.1 Å². The van der Waals surface area contributed by atoms with E-state index < -0.39 is 347 Å². The Labute approximate surface area is 836 Å². The number of aliphatic hydroxyl groups excluding tert-OH is 31. The van der Waals surface area contributed by atoms with Crippen molar-refractivity contribution in [3.8, 4) is 23.0 Å². The summed E-state index contributed by atoms with van der Waals surface area (Å²) in [5.74, 6) is -2.40. The molecule has 828 valence electrons. The molecule has 31 N–H and O–H groups in total. The Bertz CT molecular complexity index is 4420. The van der Waals surface area contributed by atoms with Crippen molar-refractivity contribution in [1.29, 1.82) is 0 Å². The van der Waals surface area contributed by atoms with E-state index in [1.54, 1.807) is 24.3 Å². The lowest BCUT2D eigenvalue weighted by Gasteiger charge is -2.48. The lowest BCUT2D eigenvalue weighted by molar-refractivity contribution is -0.378. The summed E-state index contributed by atoms with van der Waals surface area (Å²) in [5.41, 5.74) is 5.42. The Morgan fingerprint density at radius 2 is 0.531 bits per heavy atom. The third kappa shape index (κ3) is 26.6. The number of rotatable bonds is 39. The van der Waals surface area contributed by atoms with Crippen molar-refractivity contribution in [3.05, 3.63) is 94.1 Å². The maximum atomic E-state index is 12.2. The largest absolute Gasteiger partial charge is 0.462 e. The molecular weight excluding hydrogens is 1930 g/mol. The van der Waals surface area contributed by atoms with Gasteiger partial charge < -0.3 is 239 Å². The van der Waals surface area contributed by atoms with Crippen molar-refractivity contribution in [2.45, 2.75) is 407 Å². The molecule has 48 heteroatoms. The molecule has 8 aliphatic heterocycles. The van der Waals surface area contributed by atoms with Crippen molar-refractivity contribution in [2.24, 2.45) is 17.8 Å². The molecule has 0 aromatic heterocycles. The smallest absolute Gasteiger partial charge is 0.229 e. The van der Waals surface area contributed by atoms with Crippen LogP contribution in [0.5, 0.6) is 23.0 Å². The number of hydrogen-bond acceptors (Lipinski definition) is 48. The first kappa shape index (κ1) is 118. The van der Waals surface area contributed by atoms with Gasteiger partial charge in [0.25, 0.3) is 0 Å². The van der Waals surface area contributed by atoms with Crippen LogP contribution < -0.4 is 18.9 Å². The van der Waals surface area contributed by atoms with Gasteiger partial charge in [0.15, 0.2) is 25.2 Å². The fraction of sp³-hybridized carbons (Fsp3) is 0.794. The van der Waals surface area contributed by atoms with E-state index in [9.17, 15) is 158 Å². The number of aryl methyl sites for hydroxylation is 2. The van der Waals surface area contributed by atoms with Crippen LogP contribution in [0.25, 0.3) is 0 Å². The highest BCUT2D eigenvalue weighted by Gasteiger charge is 2.60. The predicted octanol–water partition coefficient (Wildman–Crippen LogP) is -8.63. The van der Waals surface area contributed by atoms with Gasteiger partial charge in [0.1, 0.15) is 231 Å². The van der Waals surface area contributed by atoms with E-state index in [4.69, 9.17) is 80.5 Å². The molecule has 8 saturated heterocycles. The monoisotopic (exact) mass is 2080 g/mol. The number of aliphatic hydroxyl groups is 31. The van der Waals surface area contributed by atoms with E-state index in [1.165, 1.54) is 0 Å². The maximum absolute atomic E-state index is 12.2. The maximum Gasteiger partial charge on any atom is 0.229 e. The summed E-state index contributed by atoms with van der Waals surface area (Å²) < 4.78 is 102.